The molecule has 45 heavy (non-hydrogen) atoms. The van der Waals surface area contributed by atoms with Crippen LogP contribution in [0.2, 0.25) is 0 Å². The number of fused-ring (bicyclic) bond motifs is 1. The maximum absolute atomic E-state index is 14.2. The van der Waals surface area contributed by atoms with Crippen molar-refractivity contribution in [2.45, 2.75) is 116 Å². The van der Waals surface area contributed by atoms with Crippen LogP contribution in [0.3, 0.4) is 0 Å². The molecule has 4 heterocycles. The summed E-state index contributed by atoms with van der Waals surface area (Å²) in [4.78, 5) is 63.6. The van der Waals surface area contributed by atoms with Crippen molar-refractivity contribution in [1.82, 2.24) is 9.55 Å². The summed E-state index contributed by atoms with van der Waals surface area (Å²) in [5.74, 6) is -7.01. The predicted octanol–water partition coefficient (Wildman–Crippen LogP) is 1.31. The van der Waals surface area contributed by atoms with Crippen LogP contribution in [-0.2, 0) is 52.3 Å². The molecular weight excluding hydrogens is 603 g/mol. The summed E-state index contributed by atoms with van der Waals surface area (Å²) in [6.07, 6.45) is -5.89. The predicted molar refractivity (Wildman–Crippen MR) is 149 cm³/mol. The van der Waals surface area contributed by atoms with Gasteiger partial charge in [0.1, 0.15) is 30.5 Å². The summed E-state index contributed by atoms with van der Waals surface area (Å²) < 4.78 is 61.9. The van der Waals surface area contributed by atoms with Crippen LogP contribution in [0.4, 0.5) is 4.39 Å². The number of rotatable bonds is 10. The maximum Gasteiger partial charge on any atom is 0.366 e. The average molecular weight is 645 g/mol. The van der Waals surface area contributed by atoms with Gasteiger partial charge in [0.15, 0.2) is 18.1 Å². The minimum Gasteiger partial charge on any atom is -0.465 e. The van der Waals surface area contributed by atoms with E-state index in [2.05, 4.69) is 0 Å². The maximum atomic E-state index is 14.2. The molecule has 0 amide bonds. The molecule has 1 N–H and O–H groups in total. The summed E-state index contributed by atoms with van der Waals surface area (Å²) in [6, 6.07) is 0. The fourth-order valence-corrected chi connectivity index (χ4v) is 6.14. The minimum absolute atomic E-state index is 0.0339. The van der Waals surface area contributed by atoms with Gasteiger partial charge in [0, 0.05) is 20.3 Å². The van der Waals surface area contributed by atoms with Gasteiger partial charge >= 0.3 is 23.6 Å². The topological polar surface area (TPSA) is 180 Å². The second-order valence-electron chi connectivity index (χ2n) is 12.1. The van der Waals surface area contributed by atoms with E-state index in [4.69, 9.17) is 37.9 Å². The number of hydrogen-bond donors (Lipinski definition) is 1. The van der Waals surface area contributed by atoms with E-state index in [9.17, 15) is 28.4 Å². The molecule has 252 valence electrons. The molecule has 1 aromatic rings. The molecule has 16 heteroatoms. The van der Waals surface area contributed by atoms with E-state index in [1.165, 1.54) is 13.8 Å². The van der Waals surface area contributed by atoms with Gasteiger partial charge in [-0.2, -0.15) is 4.39 Å². The van der Waals surface area contributed by atoms with Gasteiger partial charge in [0.2, 0.25) is 5.82 Å². The number of H-pyrrole nitrogens is 1. The third-order valence-corrected chi connectivity index (χ3v) is 8.35. The monoisotopic (exact) mass is 644 g/mol. The van der Waals surface area contributed by atoms with E-state index in [0.717, 1.165) is 17.9 Å². The van der Waals surface area contributed by atoms with Crippen LogP contribution in [0.1, 0.15) is 67.5 Å². The Morgan fingerprint density at radius 1 is 1.09 bits per heavy atom. The number of hydrogen-bond acceptors (Lipinski definition) is 13. The van der Waals surface area contributed by atoms with Gasteiger partial charge in [-0.1, -0.05) is 20.8 Å². The molecule has 3 saturated heterocycles. The van der Waals surface area contributed by atoms with E-state index in [-0.39, 0.29) is 31.3 Å². The van der Waals surface area contributed by atoms with Crippen LogP contribution in [0.15, 0.2) is 15.8 Å². The number of carbonyl (C=O) groups is 3. The minimum atomic E-state index is -2.02. The summed E-state index contributed by atoms with van der Waals surface area (Å²) in [6.45, 7) is 10.9. The summed E-state index contributed by atoms with van der Waals surface area (Å²) in [5, 5.41) is 0. The number of nitrogens with one attached hydrogen (secondary N) is 1. The van der Waals surface area contributed by atoms with Crippen molar-refractivity contribution in [2.75, 3.05) is 13.7 Å². The smallest absolute Gasteiger partial charge is 0.366 e. The summed E-state index contributed by atoms with van der Waals surface area (Å²) in [5.41, 5.74) is -2.12. The molecule has 0 saturated carbocycles. The Labute approximate surface area is 258 Å². The highest BCUT2D eigenvalue weighted by Gasteiger charge is 2.59. The van der Waals surface area contributed by atoms with Gasteiger partial charge in [-0.25, -0.2) is 9.59 Å². The first-order chi connectivity index (χ1) is 21.0. The van der Waals surface area contributed by atoms with Crippen molar-refractivity contribution in [1.29, 1.82) is 0 Å². The van der Waals surface area contributed by atoms with E-state index in [1.54, 1.807) is 20.8 Å². The molecule has 3 aliphatic rings. The number of methoxy groups -OCH3 is 1. The summed E-state index contributed by atoms with van der Waals surface area (Å²) in [7, 11) is 1.16. The lowest BCUT2D eigenvalue weighted by molar-refractivity contribution is -0.319. The van der Waals surface area contributed by atoms with Crippen LogP contribution in [0, 0.1) is 17.7 Å². The normalized spacial score (nSPS) is 33.6. The lowest BCUT2D eigenvalue weighted by Gasteiger charge is -2.47. The number of aromatic amines is 1. The molecule has 15 nitrogen and oxygen atoms in total. The highest BCUT2D eigenvalue weighted by Crippen LogP contribution is 2.45. The number of halogens is 1. The SMILES string of the molecule is CC[C@@H](OC(C)=O)[C@@H](OC(C)=O)C1O[C@@](OC[C@H]2O[C@@H](n3cc(F)c(=O)[nH]c3=O)C3OC(C)(C)O[C@H]32)(C(=O)OC)CC(C)[C@H]1C. The van der Waals surface area contributed by atoms with Gasteiger partial charge in [0.25, 0.3) is 11.3 Å². The number of nitrogens with zero attached hydrogens (tertiary/aromatic N) is 1. The van der Waals surface area contributed by atoms with Crippen LogP contribution < -0.4 is 11.2 Å². The van der Waals surface area contributed by atoms with Crippen molar-refractivity contribution in [3.05, 3.63) is 32.9 Å². The van der Waals surface area contributed by atoms with Gasteiger partial charge in [0.05, 0.1) is 19.9 Å². The van der Waals surface area contributed by atoms with Gasteiger partial charge in [-0.05, 0) is 32.1 Å². The Kier molecular flexibility index (Phi) is 10.2. The van der Waals surface area contributed by atoms with Gasteiger partial charge in [-0.15, -0.1) is 0 Å². The lowest BCUT2D eigenvalue weighted by Crippen LogP contribution is -2.60. The molecule has 0 bridgehead atoms. The van der Waals surface area contributed by atoms with Crippen LogP contribution >= 0.6 is 0 Å². The molecule has 3 aliphatic heterocycles. The molecule has 0 aliphatic carbocycles. The lowest BCUT2D eigenvalue weighted by atomic mass is 9.79. The zero-order valence-corrected chi connectivity index (χ0v) is 26.5. The van der Waals surface area contributed by atoms with Crippen LogP contribution in [0.25, 0.3) is 0 Å². The molecule has 0 radical (unpaired) electrons. The van der Waals surface area contributed by atoms with E-state index in [1.807, 2.05) is 18.8 Å². The van der Waals surface area contributed by atoms with Crippen LogP contribution in [-0.4, -0.2) is 89.4 Å². The second kappa shape index (κ2) is 13.3. The van der Waals surface area contributed by atoms with Crippen molar-refractivity contribution in [2.24, 2.45) is 11.8 Å². The largest absolute Gasteiger partial charge is 0.465 e. The molecule has 10 atom stereocenters. The van der Waals surface area contributed by atoms with Crippen LogP contribution in [0.5, 0.6) is 0 Å². The van der Waals surface area contributed by atoms with Crippen molar-refractivity contribution < 1.29 is 56.7 Å². The molecule has 3 unspecified atom stereocenters. The number of carbonyl (C=O) groups excluding carboxylic acids is 3. The Morgan fingerprint density at radius 2 is 1.73 bits per heavy atom. The molecular formula is C29H41FN2O13. The van der Waals surface area contributed by atoms with Crippen molar-refractivity contribution in [3.63, 3.8) is 0 Å². The second-order valence-corrected chi connectivity index (χ2v) is 12.1. The molecule has 3 fully saturated rings. The Morgan fingerprint density at radius 3 is 2.33 bits per heavy atom. The van der Waals surface area contributed by atoms with Gasteiger partial charge in [-0.3, -0.25) is 23.9 Å². The first-order valence-corrected chi connectivity index (χ1v) is 14.8. The third kappa shape index (κ3) is 7.14. The zero-order valence-electron chi connectivity index (χ0n) is 26.5. The first-order valence-electron chi connectivity index (χ1n) is 14.8. The highest BCUT2D eigenvalue weighted by molar-refractivity contribution is 5.78. The van der Waals surface area contributed by atoms with Gasteiger partial charge < -0.3 is 37.9 Å². The quantitative estimate of drug-likeness (QED) is 0.285. The number of ether oxygens (including phenoxy) is 8. The molecule has 4 rings (SSSR count). The highest BCUT2D eigenvalue weighted by atomic mass is 19.1. The zero-order chi connectivity index (χ0) is 33.4. The molecule has 0 aromatic carbocycles. The first kappa shape index (κ1) is 34.7. The van der Waals surface area contributed by atoms with Crippen molar-refractivity contribution in [3.8, 4) is 0 Å². The fourth-order valence-electron chi connectivity index (χ4n) is 6.14. The fraction of sp³-hybridized carbons (Fsp3) is 0.759. The molecule has 1 aromatic heterocycles. The molecule has 0 spiro atoms. The summed E-state index contributed by atoms with van der Waals surface area (Å²) >= 11 is 0. The average Bonchev–Trinajstić information content (AvgIpc) is 3.45. The van der Waals surface area contributed by atoms with E-state index >= 15 is 0 Å². The van der Waals surface area contributed by atoms with E-state index in [0.29, 0.717) is 0 Å². The number of aromatic nitrogens is 2. The third-order valence-electron chi connectivity index (χ3n) is 8.35. The Balaban J connectivity index is 1.66. The van der Waals surface area contributed by atoms with Crippen molar-refractivity contribution >= 4 is 17.9 Å². The standard InChI is InChI=1S/C29H41FN2O13/c1-9-18(40-15(4)33)21(41-16(5)34)20-14(3)13(2)10-29(45-20,26(36)38-8)39-12-19-22-23(44-28(6,7)43-22)25(42-19)32-11-17(30)24(35)31-27(32)37/h11,13-14,18-23,25H,9-10,12H2,1-8H3,(H,31,35,37)/t13?,14-,18-,19-,20?,21-,22+,23?,25-,29-/m1/s1. The Bertz CT molecular complexity index is 1390. The Hall–Kier alpha value is -3.18. The van der Waals surface area contributed by atoms with E-state index < -0.39 is 89.4 Å². The number of esters is 3.